The number of H-pyrrole nitrogens is 1. The molecule has 0 spiro atoms. The van der Waals surface area contributed by atoms with Crippen LogP contribution in [-0.2, 0) is 13.1 Å². The predicted molar refractivity (Wildman–Crippen MR) is 81.0 cm³/mol. The lowest BCUT2D eigenvalue weighted by atomic mass is 10.2. The lowest BCUT2D eigenvalue weighted by Crippen LogP contribution is -2.28. The Labute approximate surface area is 129 Å². The second kappa shape index (κ2) is 5.98. The fourth-order valence-electron chi connectivity index (χ4n) is 2.01. The summed E-state index contributed by atoms with van der Waals surface area (Å²) in [5.41, 5.74) is 0.776. The Hall–Kier alpha value is -2.67. The van der Waals surface area contributed by atoms with E-state index in [2.05, 4.69) is 15.3 Å². The van der Waals surface area contributed by atoms with Gasteiger partial charge in [-0.25, -0.2) is 9.48 Å². The number of halogens is 1. The fourth-order valence-corrected chi connectivity index (χ4v) is 2.13. The van der Waals surface area contributed by atoms with Crippen LogP contribution in [0.1, 0.15) is 11.3 Å². The number of benzene rings is 1. The van der Waals surface area contributed by atoms with Gasteiger partial charge in [-0.1, -0.05) is 28.9 Å². The van der Waals surface area contributed by atoms with Crippen LogP contribution in [0, 0.1) is 0 Å². The van der Waals surface area contributed by atoms with Crippen LogP contribution in [0.3, 0.4) is 0 Å². The lowest BCUT2D eigenvalue weighted by Gasteiger charge is -2.01. The highest BCUT2D eigenvalue weighted by molar-refractivity contribution is 6.30. The van der Waals surface area contributed by atoms with E-state index in [4.69, 9.17) is 11.6 Å². The first-order valence-electron chi connectivity index (χ1n) is 6.53. The summed E-state index contributed by atoms with van der Waals surface area (Å²) in [5.74, 6) is 0. The van der Waals surface area contributed by atoms with Gasteiger partial charge >= 0.3 is 5.69 Å². The van der Waals surface area contributed by atoms with Gasteiger partial charge in [-0.05, 0) is 17.7 Å². The lowest BCUT2D eigenvalue weighted by molar-refractivity contribution is 0.648. The molecule has 0 atom stereocenters. The molecule has 0 bridgehead atoms. The summed E-state index contributed by atoms with van der Waals surface area (Å²) < 4.78 is 3.04. The van der Waals surface area contributed by atoms with Crippen molar-refractivity contribution in [3.8, 4) is 0 Å². The van der Waals surface area contributed by atoms with Gasteiger partial charge in [-0.15, -0.1) is 5.10 Å². The van der Waals surface area contributed by atoms with Gasteiger partial charge in [0.15, 0.2) is 0 Å². The van der Waals surface area contributed by atoms with Gasteiger partial charge < -0.3 is 0 Å². The SMILES string of the molecule is O=c1ccn(Cc2cn(Cc3ccc(Cl)cc3)nn2)c(=O)[nH]1. The molecule has 0 aliphatic heterocycles. The number of rotatable bonds is 4. The third kappa shape index (κ3) is 3.32. The summed E-state index contributed by atoms with van der Waals surface area (Å²) in [6.45, 7) is 0.806. The smallest absolute Gasteiger partial charge is 0.294 e. The van der Waals surface area contributed by atoms with Crippen LogP contribution in [0.4, 0.5) is 0 Å². The maximum Gasteiger partial charge on any atom is 0.328 e. The number of hydrogen-bond donors (Lipinski definition) is 1. The first-order chi connectivity index (χ1) is 10.6. The minimum Gasteiger partial charge on any atom is -0.294 e. The zero-order chi connectivity index (χ0) is 15.5. The van der Waals surface area contributed by atoms with E-state index in [9.17, 15) is 9.59 Å². The van der Waals surface area contributed by atoms with Crippen molar-refractivity contribution >= 4 is 11.6 Å². The molecule has 8 heteroatoms. The molecule has 0 saturated carbocycles. The highest BCUT2D eigenvalue weighted by Crippen LogP contribution is 2.10. The van der Waals surface area contributed by atoms with Crippen molar-refractivity contribution in [1.82, 2.24) is 24.5 Å². The standard InChI is InChI=1S/C14H12ClN5O2/c15-11-3-1-10(2-4-11)7-20-9-12(17-18-20)8-19-6-5-13(21)16-14(19)22/h1-6,9H,7-8H2,(H,16,21,22). The molecular weight excluding hydrogens is 306 g/mol. The average Bonchev–Trinajstić information content (AvgIpc) is 2.92. The molecular formula is C14H12ClN5O2. The molecule has 2 aromatic heterocycles. The molecule has 1 aromatic carbocycles. The zero-order valence-corrected chi connectivity index (χ0v) is 12.2. The second-order valence-corrected chi connectivity index (χ2v) is 5.21. The van der Waals surface area contributed by atoms with E-state index in [-0.39, 0.29) is 6.54 Å². The van der Waals surface area contributed by atoms with Crippen molar-refractivity contribution in [3.63, 3.8) is 0 Å². The highest BCUT2D eigenvalue weighted by atomic mass is 35.5. The number of aromatic amines is 1. The van der Waals surface area contributed by atoms with E-state index in [1.807, 2.05) is 24.3 Å². The van der Waals surface area contributed by atoms with Crippen LogP contribution >= 0.6 is 11.6 Å². The van der Waals surface area contributed by atoms with Crippen molar-refractivity contribution in [3.05, 3.63) is 79.8 Å². The van der Waals surface area contributed by atoms with Crippen LogP contribution in [0.25, 0.3) is 0 Å². The summed E-state index contributed by atoms with van der Waals surface area (Å²) >= 11 is 5.84. The Bertz CT molecular complexity index is 894. The fraction of sp³-hybridized carbons (Fsp3) is 0.143. The molecule has 0 saturated heterocycles. The van der Waals surface area contributed by atoms with Crippen molar-refractivity contribution in [2.45, 2.75) is 13.1 Å². The minimum atomic E-state index is -0.472. The summed E-state index contributed by atoms with van der Waals surface area (Å²) in [6.07, 6.45) is 3.19. The zero-order valence-electron chi connectivity index (χ0n) is 11.4. The quantitative estimate of drug-likeness (QED) is 0.774. The van der Waals surface area contributed by atoms with E-state index >= 15 is 0 Å². The van der Waals surface area contributed by atoms with Gasteiger partial charge in [0.05, 0.1) is 19.3 Å². The van der Waals surface area contributed by atoms with Gasteiger partial charge in [0.25, 0.3) is 5.56 Å². The molecule has 0 unspecified atom stereocenters. The van der Waals surface area contributed by atoms with E-state index in [0.717, 1.165) is 5.56 Å². The maximum absolute atomic E-state index is 11.6. The Morgan fingerprint density at radius 1 is 1.09 bits per heavy atom. The summed E-state index contributed by atoms with van der Waals surface area (Å²) in [7, 11) is 0. The van der Waals surface area contributed by atoms with Crippen LogP contribution in [-0.4, -0.2) is 24.5 Å². The van der Waals surface area contributed by atoms with E-state index in [1.54, 1.807) is 10.9 Å². The van der Waals surface area contributed by atoms with Gasteiger partial charge in [-0.3, -0.25) is 14.3 Å². The molecule has 0 aliphatic carbocycles. The molecule has 2 heterocycles. The Kier molecular flexibility index (Phi) is 3.88. The summed E-state index contributed by atoms with van der Waals surface area (Å²) in [5, 5.41) is 8.73. The first-order valence-corrected chi connectivity index (χ1v) is 6.91. The molecule has 112 valence electrons. The topological polar surface area (TPSA) is 85.6 Å². The van der Waals surface area contributed by atoms with Crippen molar-refractivity contribution in [2.24, 2.45) is 0 Å². The second-order valence-electron chi connectivity index (χ2n) is 4.77. The van der Waals surface area contributed by atoms with Crippen LogP contribution in [0.15, 0.2) is 52.3 Å². The third-order valence-corrected chi connectivity index (χ3v) is 3.33. The molecule has 3 aromatic rings. The molecule has 0 amide bonds. The number of nitrogens with zero attached hydrogens (tertiary/aromatic N) is 4. The van der Waals surface area contributed by atoms with E-state index < -0.39 is 11.2 Å². The average molecular weight is 318 g/mol. The highest BCUT2D eigenvalue weighted by Gasteiger charge is 2.04. The number of aromatic nitrogens is 5. The monoisotopic (exact) mass is 317 g/mol. The molecule has 22 heavy (non-hydrogen) atoms. The van der Waals surface area contributed by atoms with Gasteiger partial charge in [0.1, 0.15) is 5.69 Å². The largest absolute Gasteiger partial charge is 0.328 e. The first kappa shape index (κ1) is 14.3. The molecule has 1 N–H and O–H groups in total. The predicted octanol–water partition coefficient (Wildman–Crippen LogP) is 0.878. The molecule has 0 fully saturated rings. The van der Waals surface area contributed by atoms with E-state index in [1.165, 1.54) is 16.8 Å². The third-order valence-electron chi connectivity index (χ3n) is 3.07. The van der Waals surface area contributed by atoms with Crippen LogP contribution in [0.2, 0.25) is 5.02 Å². The van der Waals surface area contributed by atoms with Gasteiger partial charge in [-0.2, -0.15) is 0 Å². The van der Waals surface area contributed by atoms with Crippen molar-refractivity contribution < 1.29 is 0 Å². The minimum absolute atomic E-state index is 0.246. The molecule has 3 rings (SSSR count). The van der Waals surface area contributed by atoms with Crippen molar-refractivity contribution in [2.75, 3.05) is 0 Å². The molecule has 0 radical (unpaired) electrons. The van der Waals surface area contributed by atoms with E-state index in [0.29, 0.717) is 17.3 Å². The van der Waals surface area contributed by atoms with Crippen LogP contribution < -0.4 is 11.2 Å². The Morgan fingerprint density at radius 2 is 1.86 bits per heavy atom. The number of nitrogens with one attached hydrogen (secondary N) is 1. The summed E-state index contributed by atoms with van der Waals surface area (Å²) in [4.78, 5) is 24.8. The molecule has 7 nitrogen and oxygen atoms in total. The number of hydrogen-bond acceptors (Lipinski definition) is 4. The molecule has 0 aliphatic rings. The summed E-state index contributed by atoms with van der Waals surface area (Å²) in [6, 6.07) is 8.75. The van der Waals surface area contributed by atoms with Crippen LogP contribution in [0.5, 0.6) is 0 Å². The van der Waals surface area contributed by atoms with Crippen molar-refractivity contribution in [1.29, 1.82) is 0 Å². The normalized spacial score (nSPS) is 10.8. The van der Waals surface area contributed by atoms with Gasteiger partial charge in [0, 0.05) is 17.3 Å². The Morgan fingerprint density at radius 3 is 2.59 bits per heavy atom. The maximum atomic E-state index is 11.6. The Balaban J connectivity index is 1.74. The van der Waals surface area contributed by atoms with Gasteiger partial charge in [0.2, 0.25) is 0 Å².